The number of anilines is 1. The van der Waals surface area contributed by atoms with Gasteiger partial charge in [-0.3, -0.25) is 14.7 Å². The summed E-state index contributed by atoms with van der Waals surface area (Å²) in [4.78, 5) is 19.4. The highest BCUT2D eigenvalue weighted by molar-refractivity contribution is 5.93. The minimum absolute atomic E-state index is 0.00785. The molecule has 1 amide bonds. The number of aromatic nitrogens is 1. The van der Waals surface area contributed by atoms with Crippen LogP contribution in [0.4, 0.5) is 5.69 Å². The number of piperidine rings is 1. The van der Waals surface area contributed by atoms with E-state index in [2.05, 4.69) is 27.3 Å². The Morgan fingerprint density at radius 3 is 2.77 bits per heavy atom. The first kappa shape index (κ1) is 20.1. The van der Waals surface area contributed by atoms with Gasteiger partial charge < -0.3 is 10.1 Å². The average Bonchev–Trinajstić information content (AvgIpc) is 2.80. The van der Waals surface area contributed by atoms with Crippen molar-refractivity contribution >= 4 is 11.6 Å². The lowest BCUT2D eigenvalue weighted by atomic mass is 9.96. The first-order chi connectivity index (χ1) is 14.7. The van der Waals surface area contributed by atoms with Gasteiger partial charge in [-0.15, -0.1) is 0 Å². The van der Waals surface area contributed by atoms with Crippen molar-refractivity contribution in [2.45, 2.75) is 19.4 Å². The molecule has 0 radical (unpaired) electrons. The molecule has 1 fully saturated rings. The molecule has 1 unspecified atom stereocenters. The SMILES string of the molecule is COc1cccc(-c2ccc(NC(=O)C3CCCN(Cc4cccnc4)C3)cc2)c1. The second-order valence-electron chi connectivity index (χ2n) is 7.73. The molecular weight excluding hydrogens is 374 g/mol. The Hall–Kier alpha value is -3.18. The first-order valence-electron chi connectivity index (χ1n) is 10.4. The number of amides is 1. The summed E-state index contributed by atoms with van der Waals surface area (Å²) in [6.07, 6.45) is 5.65. The van der Waals surface area contributed by atoms with E-state index in [1.165, 1.54) is 5.56 Å². The molecule has 1 N–H and O–H groups in total. The molecule has 30 heavy (non-hydrogen) atoms. The average molecular weight is 402 g/mol. The lowest BCUT2D eigenvalue weighted by molar-refractivity contribution is -0.121. The molecule has 0 aliphatic carbocycles. The zero-order valence-electron chi connectivity index (χ0n) is 17.3. The minimum atomic E-state index is 0.00785. The number of hydrogen-bond acceptors (Lipinski definition) is 4. The summed E-state index contributed by atoms with van der Waals surface area (Å²) in [6, 6.07) is 20.0. The Bertz CT molecular complexity index is 973. The van der Waals surface area contributed by atoms with E-state index < -0.39 is 0 Å². The summed E-state index contributed by atoms with van der Waals surface area (Å²) in [7, 11) is 1.67. The molecule has 5 heteroatoms. The zero-order valence-corrected chi connectivity index (χ0v) is 17.3. The van der Waals surface area contributed by atoms with Crippen molar-refractivity contribution in [3.8, 4) is 16.9 Å². The van der Waals surface area contributed by atoms with E-state index in [1.807, 2.05) is 54.7 Å². The van der Waals surface area contributed by atoms with Crippen molar-refractivity contribution in [2.75, 3.05) is 25.5 Å². The molecule has 154 valence electrons. The molecule has 0 spiro atoms. The number of benzene rings is 2. The van der Waals surface area contributed by atoms with Gasteiger partial charge in [0.15, 0.2) is 0 Å². The van der Waals surface area contributed by atoms with Gasteiger partial charge in [-0.2, -0.15) is 0 Å². The molecule has 1 aliphatic heterocycles. The van der Waals surface area contributed by atoms with Crippen molar-refractivity contribution in [1.29, 1.82) is 0 Å². The van der Waals surface area contributed by atoms with Crippen LogP contribution in [-0.2, 0) is 11.3 Å². The Labute approximate surface area is 177 Å². The number of hydrogen-bond donors (Lipinski definition) is 1. The highest BCUT2D eigenvalue weighted by Crippen LogP contribution is 2.26. The Balaban J connectivity index is 1.36. The first-order valence-corrected chi connectivity index (χ1v) is 10.4. The van der Waals surface area contributed by atoms with E-state index in [0.717, 1.165) is 55.0 Å². The van der Waals surface area contributed by atoms with Crippen LogP contribution in [0.2, 0.25) is 0 Å². The van der Waals surface area contributed by atoms with Gasteiger partial charge in [0, 0.05) is 31.2 Å². The molecule has 1 saturated heterocycles. The molecule has 2 aromatic carbocycles. The Morgan fingerprint density at radius 2 is 2.00 bits per heavy atom. The fourth-order valence-corrected chi connectivity index (χ4v) is 3.96. The largest absolute Gasteiger partial charge is 0.497 e. The molecule has 0 saturated carbocycles. The van der Waals surface area contributed by atoms with Crippen molar-refractivity contribution in [1.82, 2.24) is 9.88 Å². The van der Waals surface area contributed by atoms with Gasteiger partial charge in [-0.1, -0.05) is 30.3 Å². The number of nitrogens with zero attached hydrogens (tertiary/aromatic N) is 2. The van der Waals surface area contributed by atoms with E-state index in [4.69, 9.17) is 4.74 Å². The number of likely N-dealkylation sites (tertiary alicyclic amines) is 1. The van der Waals surface area contributed by atoms with Crippen molar-refractivity contribution in [2.24, 2.45) is 5.92 Å². The highest BCUT2D eigenvalue weighted by atomic mass is 16.5. The molecule has 2 heterocycles. The lowest BCUT2D eigenvalue weighted by Crippen LogP contribution is -2.40. The van der Waals surface area contributed by atoms with Crippen LogP contribution in [0.1, 0.15) is 18.4 Å². The van der Waals surface area contributed by atoms with E-state index in [9.17, 15) is 4.79 Å². The van der Waals surface area contributed by atoms with Crippen LogP contribution < -0.4 is 10.1 Å². The number of ether oxygens (including phenoxy) is 1. The molecule has 3 aromatic rings. The van der Waals surface area contributed by atoms with E-state index in [0.29, 0.717) is 0 Å². The molecule has 1 atom stereocenters. The second kappa shape index (κ2) is 9.55. The van der Waals surface area contributed by atoms with Crippen LogP contribution in [-0.4, -0.2) is 36.0 Å². The molecule has 5 nitrogen and oxygen atoms in total. The fraction of sp³-hybridized carbons (Fsp3) is 0.280. The van der Waals surface area contributed by atoms with Crippen LogP contribution >= 0.6 is 0 Å². The van der Waals surface area contributed by atoms with Crippen LogP contribution in [0, 0.1) is 5.92 Å². The maximum atomic E-state index is 12.8. The molecule has 0 bridgehead atoms. The summed E-state index contributed by atoms with van der Waals surface area (Å²) in [5.41, 5.74) is 4.19. The predicted octanol–water partition coefficient (Wildman–Crippen LogP) is 4.61. The summed E-state index contributed by atoms with van der Waals surface area (Å²) in [5.74, 6) is 0.937. The number of carbonyl (C=O) groups excluding carboxylic acids is 1. The maximum absolute atomic E-state index is 12.8. The highest BCUT2D eigenvalue weighted by Gasteiger charge is 2.25. The van der Waals surface area contributed by atoms with Gasteiger partial charge in [-0.25, -0.2) is 0 Å². The van der Waals surface area contributed by atoms with Crippen molar-refractivity contribution in [3.05, 3.63) is 78.6 Å². The number of carbonyl (C=O) groups is 1. The molecular formula is C25H27N3O2. The van der Waals surface area contributed by atoms with Crippen LogP contribution in [0.5, 0.6) is 5.75 Å². The normalized spacial score (nSPS) is 16.8. The van der Waals surface area contributed by atoms with Gasteiger partial charge in [0.2, 0.25) is 5.91 Å². The lowest BCUT2D eigenvalue weighted by Gasteiger charge is -2.32. The number of nitrogens with one attached hydrogen (secondary N) is 1. The molecule has 4 rings (SSSR count). The van der Waals surface area contributed by atoms with Gasteiger partial charge in [0.1, 0.15) is 5.75 Å². The van der Waals surface area contributed by atoms with Gasteiger partial charge in [-0.05, 0) is 66.4 Å². The summed E-state index contributed by atoms with van der Waals surface area (Å²) in [5, 5.41) is 3.09. The van der Waals surface area contributed by atoms with Crippen LogP contribution in [0.3, 0.4) is 0 Å². The third-order valence-electron chi connectivity index (χ3n) is 5.56. The standard InChI is InChI=1S/C25H27N3O2/c1-30-24-8-2-6-21(15-24)20-9-11-23(12-10-20)27-25(29)22-7-4-14-28(18-22)17-19-5-3-13-26-16-19/h2-3,5-6,8-13,15-16,22H,4,7,14,17-18H2,1H3,(H,27,29). The smallest absolute Gasteiger partial charge is 0.228 e. The number of methoxy groups -OCH3 is 1. The fourth-order valence-electron chi connectivity index (χ4n) is 3.96. The third-order valence-corrected chi connectivity index (χ3v) is 5.56. The Kier molecular flexibility index (Phi) is 6.40. The zero-order chi connectivity index (χ0) is 20.8. The predicted molar refractivity (Wildman–Crippen MR) is 119 cm³/mol. The van der Waals surface area contributed by atoms with E-state index in [-0.39, 0.29) is 11.8 Å². The summed E-state index contributed by atoms with van der Waals surface area (Å²) >= 11 is 0. The maximum Gasteiger partial charge on any atom is 0.228 e. The van der Waals surface area contributed by atoms with Crippen LogP contribution in [0.15, 0.2) is 73.1 Å². The monoisotopic (exact) mass is 401 g/mol. The number of rotatable bonds is 6. The van der Waals surface area contributed by atoms with E-state index in [1.54, 1.807) is 13.3 Å². The minimum Gasteiger partial charge on any atom is -0.497 e. The van der Waals surface area contributed by atoms with Gasteiger partial charge in [0.05, 0.1) is 13.0 Å². The number of pyridine rings is 1. The van der Waals surface area contributed by atoms with Crippen molar-refractivity contribution < 1.29 is 9.53 Å². The topological polar surface area (TPSA) is 54.5 Å². The van der Waals surface area contributed by atoms with Crippen LogP contribution in [0.25, 0.3) is 11.1 Å². The summed E-state index contributed by atoms with van der Waals surface area (Å²) in [6.45, 7) is 2.64. The van der Waals surface area contributed by atoms with Crippen molar-refractivity contribution in [3.63, 3.8) is 0 Å². The second-order valence-corrected chi connectivity index (χ2v) is 7.73. The molecule has 1 aliphatic rings. The quantitative estimate of drug-likeness (QED) is 0.655. The summed E-state index contributed by atoms with van der Waals surface area (Å²) < 4.78 is 5.30. The Morgan fingerprint density at radius 1 is 1.13 bits per heavy atom. The van der Waals surface area contributed by atoms with E-state index >= 15 is 0 Å². The van der Waals surface area contributed by atoms with Gasteiger partial charge >= 0.3 is 0 Å². The van der Waals surface area contributed by atoms with Gasteiger partial charge in [0.25, 0.3) is 0 Å². The molecule has 1 aromatic heterocycles. The third kappa shape index (κ3) is 5.05.